The van der Waals surface area contributed by atoms with Gasteiger partial charge in [0.25, 0.3) is 0 Å². The highest BCUT2D eigenvalue weighted by atomic mass is 35.5. The molecule has 5 N–H and O–H groups in total. The number of rotatable bonds is 10. The molecule has 0 heterocycles. The average Bonchev–Trinajstić information content (AvgIpc) is 2.69. The van der Waals surface area contributed by atoms with Gasteiger partial charge in [0.05, 0.1) is 30.3 Å². The van der Waals surface area contributed by atoms with Crippen molar-refractivity contribution in [2.45, 2.75) is 13.3 Å². The van der Waals surface area contributed by atoms with Crippen LogP contribution in [0.2, 0.25) is 0 Å². The third-order valence-electron chi connectivity index (χ3n) is 4.35. The lowest BCUT2D eigenvalue weighted by Gasteiger charge is -2.20. The molecule has 0 spiro atoms. The van der Waals surface area contributed by atoms with E-state index in [2.05, 4.69) is 10.3 Å². The van der Waals surface area contributed by atoms with Crippen LogP contribution in [-0.4, -0.2) is 66.0 Å². The van der Waals surface area contributed by atoms with Gasteiger partial charge in [0.1, 0.15) is 5.03 Å². The zero-order valence-corrected chi connectivity index (χ0v) is 16.7. The third-order valence-corrected chi connectivity index (χ3v) is 4.73. The second-order valence-corrected chi connectivity index (χ2v) is 6.88. The number of aliphatic hydroxyl groups is 2. The molecule has 28 heavy (non-hydrogen) atoms. The van der Waals surface area contributed by atoms with Crippen LogP contribution < -0.4 is 11.1 Å². The number of hydrogen-bond acceptors (Lipinski definition) is 7. The van der Waals surface area contributed by atoms with Crippen molar-refractivity contribution in [3.8, 4) is 0 Å². The van der Waals surface area contributed by atoms with E-state index in [9.17, 15) is 4.79 Å². The van der Waals surface area contributed by atoms with E-state index in [4.69, 9.17) is 27.5 Å². The molecule has 0 unspecified atom stereocenters. The molecule has 8 heteroatoms. The number of aliphatic imine (C=N–C) groups is 1. The van der Waals surface area contributed by atoms with E-state index in [-0.39, 0.29) is 29.7 Å². The Kier molecular flexibility index (Phi) is 8.66. The lowest BCUT2D eigenvalue weighted by atomic mass is 10.0. The van der Waals surface area contributed by atoms with Crippen LogP contribution >= 0.6 is 11.6 Å². The molecule has 1 aliphatic rings. The molecule has 1 aliphatic carbocycles. The highest BCUT2D eigenvalue weighted by Crippen LogP contribution is 2.23. The number of benzene rings is 1. The summed E-state index contributed by atoms with van der Waals surface area (Å²) < 4.78 is 0. The summed E-state index contributed by atoms with van der Waals surface area (Å²) in [5.41, 5.74) is 8.76. The summed E-state index contributed by atoms with van der Waals surface area (Å²) in [4.78, 5) is 18.3. The fraction of sp³-hybridized carbons (Fsp3) is 0.400. The second kappa shape index (κ2) is 11.0. The van der Waals surface area contributed by atoms with Crippen LogP contribution in [0, 0.1) is 0 Å². The minimum absolute atomic E-state index is 0.00785. The van der Waals surface area contributed by atoms with Crippen molar-refractivity contribution in [1.29, 1.82) is 0 Å². The monoisotopic (exact) mass is 406 g/mol. The molecular weight excluding hydrogens is 380 g/mol. The zero-order chi connectivity index (χ0) is 20.5. The third kappa shape index (κ3) is 6.17. The van der Waals surface area contributed by atoms with Crippen molar-refractivity contribution in [1.82, 2.24) is 4.90 Å². The normalized spacial score (nSPS) is 16.1. The van der Waals surface area contributed by atoms with Crippen molar-refractivity contribution in [2.24, 2.45) is 10.7 Å². The molecule has 0 fully saturated rings. The molecule has 1 aromatic carbocycles. The Hall–Kier alpha value is -2.19. The molecule has 0 saturated heterocycles. The predicted molar refractivity (Wildman–Crippen MR) is 113 cm³/mol. The first-order valence-corrected chi connectivity index (χ1v) is 9.59. The van der Waals surface area contributed by atoms with Gasteiger partial charge in [-0.25, -0.2) is 4.99 Å². The predicted octanol–water partition coefficient (Wildman–Crippen LogP) is 1.79. The Labute approximate surface area is 170 Å². The van der Waals surface area contributed by atoms with Crippen molar-refractivity contribution in [3.63, 3.8) is 0 Å². The van der Waals surface area contributed by atoms with Gasteiger partial charge in [-0.05, 0) is 50.2 Å². The molecule has 0 bridgehead atoms. The van der Waals surface area contributed by atoms with Gasteiger partial charge in [-0.3, -0.25) is 9.69 Å². The molecule has 0 aliphatic heterocycles. The van der Waals surface area contributed by atoms with Crippen LogP contribution in [0.3, 0.4) is 0 Å². The van der Waals surface area contributed by atoms with Gasteiger partial charge in [-0.15, -0.1) is 0 Å². The van der Waals surface area contributed by atoms with Crippen LogP contribution in [0.25, 0.3) is 0 Å². The maximum absolute atomic E-state index is 11.8. The Morgan fingerprint density at radius 1 is 1.14 bits per heavy atom. The van der Waals surface area contributed by atoms with Crippen LogP contribution in [0.4, 0.5) is 11.4 Å². The zero-order valence-electron chi connectivity index (χ0n) is 16.0. The first kappa shape index (κ1) is 22.1. The number of anilines is 1. The number of carbonyl (C=O) groups is 1. The highest BCUT2D eigenvalue weighted by Gasteiger charge is 2.21. The number of hydrogen-bond donors (Lipinski definition) is 4. The van der Waals surface area contributed by atoms with Crippen molar-refractivity contribution < 1.29 is 15.0 Å². The maximum atomic E-state index is 11.8. The highest BCUT2D eigenvalue weighted by molar-refractivity contribution is 6.49. The van der Waals surface area contributed by atoms with E-state index in [1.165, 1.54) is 0 Å². The van der Waals surface area contributed by atoms with E-state index in [1.807, 2.05) is 29.2 Å². The smallest absolute Gasteiger partial charge is 0.202 e. The largest absolute Gasteiger partial charge is 0.396 e. The number of nitrogens with zero attached hydrogens (tertiary/aromatic N) is 2. The first-order valence-electron chi connectivity index (χ1n) is 9.21. The number of ketones is 1. The van der Waals surface area contributed by atoms with E-state index < -0.39 is 0 Å². The van der Waals surface area contributed by atoms with Crippen molar-refractivity contribution in [3.05, 3.63) is 46.6 Å². The van der Waals surface area contributed by atoms with Crippen molar-refractivity contribution >= 4 is 34.5 Å². The number of nitrogens with two attached hydrogens (primary N) is 1. The number of allylic oxidation sites excluding steroid dienone is 3. The Balaban J connectivity index is 1.91. The number of Topliss-reactive ketones (excluding diaryl/α,β-unsaturated/α-hetero) is 1. The molecule has 0 atom stereocenters. The quantitative estimate of drug-likeness (QED) is 0.348. The second-order valence-electron chi connectivity index (χ2n) is 6.50. The summed E-state index contributed by atoms with van der Waals surface area (Å²) in [7, 11) is 0. The lowest BCUT2D eigenvalue weighted by Crippen LogP contribution is -2.31. The van der Waals surface area contributed by atoms with Gasteiger partial charge in [0, 0.05) is 30.9 Å². The molecule has 152 valence electrons. The molecule has 7 nitrogen and oxygen atoms in total. The van der Waals surface area contributed by atoms with E-state index in [0.717, 1.165) is 25.2 Å². The summed E-state index contributed by atoms with van der Waals surface area (Å²) in [6, 6.07) is 7.56. The SMILES string of the molecule is CC1=CC(=Nc2ccc(NCCCN(CCO)CCO)cc2)C(N)=C(Cl)C1=O. The summed E-state index contributed by atoms with van der Waals surface area (Å²) in [6.45, 7) is 4.57. The average molecular weight is 407 g/mol. The summed E-state index contributed by atoms with van der Waals surface area (Å²) in [5.74, 6) is -0.269. The molecule has 0 amide bonds. The van der Waals surface area contributed by atoms with Gasteiger partial charge in [0.2, 0.25) is 5.78 Å². The number of aliphatic hydroxyl groups excluding tert-OH is 2. The molecule has 2 rings (SSSR count). The molecular formula is C20H27ClN4O3. The van der Waals surface area contributed by atoms with Gasteiger partial charge in [0.15, 0.2) is 0 Å². The molecule has 1 aromatic rings. The summed E-state index contributed by atoms with van der Waals surface area (Å²) in [6.07, 6.45) is 2.53. The maximum Gasteiger partial charge on any atom is 0.202 e. The summed E-state index contributed by atoms with van der Waals surface area (Å²) in [5, 5.41) is 21.4. The van der Waals surface area contributed by atoms with Crippen LogP contribution in [0.15, 0.2) is 51.6 Å². The Morgan fingerprint density at radius 2 is 1.79 bits per heavy atom. The Bertz CT molecular complexity index is 766. The minimum Gasteiger partial charge on any atom is -0.396 e. The molecule has 0 radical (unpaired) electrons. The number of nitrogens with one attached hydrogen (secondary N) is 1. The van der Waals surface area contributed by atoms with Gasteiger partial charge in [-0.1, -0.05) is 11.6 Å². The van der Waals surface area contributed by atoms with E-state index in [0.29, 0.717) is 30.1 Å². The van der Waals surface area contributed by atoms with Crippen LogP contribution in [0.5, 0.6) is 0 Å². The first-order chi connectivity index (χ1) is 13.5. The molecule has 0 saturated carbocycles. The minimum atomic E-state index is -0.269. The molecule has 0 aromatic heterocycles. The topological polar surface area (TPSA) is 111 Å². The number of halogens is 1. The van der Waals surface area contributed by atoms with Crippen molar-refractivity contribution in [2.75, 3.05) is 44.7 Å². The number of carbonyl (C=O) groups excluding carboxylic acids is 1. The van der Waals surface area contributed by atoms with Gasteiger partial charge < -0.3 is 21.3 Å². The standard InChI is InChI=1S/C20H27ClN4O3/c1-14-13-17(19(22)18(21)20(14)28)24-16-5-3-15(4-6-16)23-7-2-8-25(9-11-26)10-12-27/h3-6,13,23,26-27H,2,7-12,22H2,1H3. The van der Waals surface area contributed by atoms with Gasteiger partial charge in [-0.2, -0.15) is 0 Å². The fourth-order valence-corrected chi connectivity index (χ4v) is 3.04. The van der Waals surface area contributed by atoms with Crippen LogP contribution in [0.1, 0.15) is 13.3 Å². The van der Waals surface area contributed by atoms with E-state index >= 15 is 0 Å². The van der Waals surface area contributed by atoms with Gasteiger partial charge >= 0.3 is 0 Å². The fourth-order valence-electron chi connectivity index (χ4n) is 2.80. The van der Waals surface area contributed by atoms with E-state index in [1.54, 1.807) is 13.0 Å². The lowest BCUT2D eigenvalue weighted by molar-refractivity contribution is -0.111. The van der Waals surface area contributed by atoms with Crippen LogP contribution in [-0.2, 0) is 4.79 Å². The summed E-state index contributed by atoms with van der Waals surface area (Å²) >= 11 is 5.97. The Morgan fingerprint density at radius 3 is 2.39 bits per heavy atom.